The standard InChI is InChI=1S/C9H14O2/c10-9-5-1-2-6(9)8-4-11-3-7(5)8/h5-10H,1-4H2. The predicted octanol–water partition coefficient (Wildman–Crippen LogP) is 0.650. The van der Waals surface area contributed by atoms with Crippen molar-refractivity contribution in [3.63, 3.8) is 0 Å². The molecule has 2 aliphatic carbocycles. The summed E-state index contributed by atoms with van der Waals surface area (Å²) in [6, 6.07) is 0. The van der Waals surface area contributed by atoms with Crippen LogP contribution in [0.25, 0.3) is 0 Å². The number of rotatable bonds is 0. The summed E-state index contributed by atoms with van der Waals surface area (Å²) in [5, 5.41) is 9.78. The summed E-state index contributed by atoms with van der Waals surface area (Å²) >= 11 is 0. The molecule has 1 N–H and O–H groups in total. The number of fused-ring (bicyclic) bond motifs is 5. The molecule has 3 fully saturated rings. The Morgan fingerprint density at radius 1 is 0.909 bits per heavy atom. The van der Waals surface area contributed by atoms with E-state index in [0.29, 0.717) is 23.7 Å². The average molecular weight is 154 g/mol. The van der Waals surface area contributed by atoms with Crippen molar-refractivity contribution >= 4 is 0 Å². The lowest BCUT2D eigenvalue weighted by Crippen LogP contribution is -2.19. The maximum Gasteiger partial charge on any atom is 0.0603 e. The molecular formula is C9H14O2. The molecule has 2 heteroatoms. The number of aliphatic hydroxyl groups excluding tert-OH is 1. The van der Waals surface area contributed by atoms with Crippen molar-refractivity contribution in [1.82, 2.24) is 0 Å². The van der Waals surface area contributed by atoms with Crippen LogP contribution in [0.1, 0.15) is 12.8 Å². The van der Waals surface area contributed by atoms with E-state index in [2.05, 4.69) is 0 Å². The molecule has 0 aromatic heterocycles. The molecule has 0 radical (unpaired) electrons. The highest BCUT2D eigenvalue weighted by molar-refractivity contribution is 5.04. The van der Waals surface area contributed by atoms with Crippen LogP contribution >= 0.6 is 0 Å². The van der Waals surface area contributed by atoms with Crippen LogP contribution in [-0.2, 0) is 4.74 Å². The Morgan fingerprint density at radius 2 is 1.45 bits per heavy atom. The minimum Gasteiger partial charge on any atom is -0.393 e. The molecule has 3 rings (SSSR count). The summed E-state index contributed by atoms with van der Waals surface area (Å²) in [4.78, 5) is 0. The second-order valence-electron chi connectivity index (χ2n) is 4.26. The molecule has 0 aromatic carbocycles. The number of hydrogen-bond donors (Lipinski definition) is 1. The summed E-state index contributed by atoms with van der Waals surface area (Å²) in [6.45, 7) is 1.84. The smallest absolute Gasteiger partial charge is 0.0603 e. The molecule has 2 saturated carbocycles. The number of hydrogen-bond acceptors (Lipinski definition) is 2. The molecule has 0 spiro atoms. The molecular weight excluding hydrogens is 140 g/mol. The molecule has 11 heavy (non-hydrogen) atoms. The third-order valence-corrected chi connectivity index (χ3v) is 3.98. The highest BCUT2D eigenvalue weighted by atomic mass is 16.5. The lowest BCUT2D eigenvalue weighted by molar-refractivity contribution is 0.0808. The van der Waals surface area contributed by atoms with Gasteiger partial charge in [-0.1, -0.05) is 0 Å². The SMILES string of the molecule is OC1C2CCC1C1COCC21. The fourth-order valence-corrected chi connectivity index (χ4v) is 3.45. The largest absolute Gasteiger partial charge is 0.393 e. The third kappa shape index (κ3) is 0.651. The van der Waals surface area contributed by atoms with Gasteiger partial charge in [0, 0.05) is 0 Å². The van der Waals surface area contributed by atoms with Gasteiger partial charge in [-0.15, -0.1) is 0 Å². The Kier molecular flexibility index (Phi) is 1.16. The normalized spacial score (nSPS) is 60.3. The first-order valence-electron chi connectivity index (χ1n) is 4.64. The third-order valence-electron chi connectivity index (χ3n) is 3.98. The van der Waals surface area contributed by atoms with E-state index >= 15 is 0 Å². The molecule has 0 amide bonds. The zero-order valence-corrected chi connectivity index (χ0v) is 6.57. The summed E-state index contributed by atoms with van der Waals surface area (Å²) in [6.07, 6.45) is 2.51. The summed E-state index contributed by atoms with van der Waals surface area (Å²) in [5.74, 6) is 2.60. The van der Waals surface area contributed by atoms with Gasteiger partial charge in [0.25, 0.3) is 0 Å². The van der Waals surface area contributed by atoms with Crippen molar-refractivity contribution in [2.24, 2.45) is 23.7 Å². The fourth-order valence-electron chi connectivity index (χ4n) is 3.45. The highest BCUT2D eigenvalue weighted by Crippen LogP contribution is 2.54. The number of ether oxygens (including phenoxy) is 1. The van der Waals surface area contributed by atoms with Gasteiger partial charge in [-0.25, -0.2) is 0 Å². The van der Waals surface area contributed by atoms with Crippen LogP contribution in [-0.4, -0.2) is 24.4 Å². The topological polar surface area (TPSA) is 29.5 Å². The maximum absolute atomic E-state index is 9.78. The van der Waals surface area contributed by atoms with Crippen molar-refractivity contribution in [3.05, 3.63) is 0 Å². The van der Waals surface area contributed by atoms with Crippen LogP contribution in [0.15, 0.2) is 0 Å². The van der Waals surface area contributed by atoms with Crippen molar-refractivity contribution in [2.75, 3.05) is 13.2 Å². The van der Waals surface area contributed by atoms with Crippen molar-refractivity contribution < 1.29 is 9.84 Å². The van der Waals surface area contributed by atoms with Crippen LogP contribution in [0.3, 0.4) is 0 Å². The van der Waals surface area contributed by atoms with Crippen LogP contribution < -0.4 is 0 Å². The average Bonchev–Trinajstić information content (AvgIpc) is 2.61. The van der Waals surface area contributed by atoms with Crippen LogP contribution in [0.2, 0.25) is 0 Å². The van der Waals surface area contributed by atoms with E-state index in [-0.39, 0.29) is 6.10 Å². The molecule has 2 nitrogen and oxygen atoms in total. The molecule has 0 aromatic rings. The molecule has 1 saturated heterocycles. The van der Waals surface area contributed by atoms with Crippen molar-refractivity contribution in [3.8, 4) is 0 Å². The maximum atomic E-state index is 9.78. The van der Waals surface area contributed by atoms with Gasteiger partial charge in [-0.2, -0.15) is 0 Å². The second-order valence-corrected chi connectivity index (χ2v) is 4.26. The van der Waals surface area contributed by atoms with Gasteiger partial charge in [-0.05, 0) is 36.5 Å². The number of aliphatic hydroxyl groups is 1. The van der Waals surface area contributed by atoms with E-state index in [1.165, 1.54) is 12.8 Å². The van der Waals surface area contributed by atoms with E-state index in [1.807, 2.05) is 0 Å². The van der Waals surface area contributed by atoms with Crippen molar-refractivity contribution in [2.45, 2.75) is 18.9 Å². The van der Waals surface area contributed by atoms with E-state index < -0.39 is 0 Å². The Morgan fingerprint density at radius 3 is 2.00 bits per heavy atom. The Hall–Kier alpha value is -0.0800. The zero-order valence-electron chi connectivity index (χ0n) is 6.57. The Bertz CT molecular complexity index is 153. The van der Waals surface area contributed by atoms with E-state index in [1.54, 1.807) is 0 Å². The van der Waals surface area contributed by atoms with Gasteiger partial charge in [-0.3, -0.25) is 0 Å². The van der Waals surface area contributed by atoms with Crippen LogP contribution in [0.5, 0.6) is 0 Å². The molecule has 3 aliphatic rings. The first-order chi connectivity index (χ1) is 5.38. The first-order valence-corrected chi connectivity index (χ1v) is 4.64. The predicted molar refractivity (Wildman–Crippen MR) is 40.0 cm³/mol. The molecule has 1 aliphatic heterocycles. The molecule has 1 heterocycles. The Balaban J connectivity index is 1.94. The van der Waals surface area contributed by atoms with Gasteiger partial charge in [0.1, 0.15) is 0 Å². The summed E-state index contributed by atoms with van der Waals surface area (Å²) in [5.41, 5.74) is 0. The van der Waals surface area contributed by atoms with E-state index in [4.69, 9.17) is 4.74 Å². The minimum atomic E-state index is 0.0221. The quantitative estimate of drug-likeness (QED) is 0.555. The molecule has 4 unspecified atom stereocenters. The van der Waals surface area contributed by atoms with Crippen LogP contribution in [0, 0.1) is 23.7 Å². The molecule has 62 valence electrons. The van der Waals surface area contributed by atoms with Gasteiger partial charge in [0.05, 0.1) is 19.3 Å². The second kappa shape index (κ2) is 1.99. The summed E-state index contributed by atoms with van der Waals surface area (Å²) in [7, 11) is 0. The molecule has 2 bridgehead atoms. The van der Waals surface area contributed by atoms with Gasteiger partial charge >= 0.3 is 0 Å². The lowest BCUT2D eigenvalue weighted by Gasteiger charge is -2.20. The summed E-state index contributed by atoms with van der Waals surface area (Å²) < 4.78 is 5.43. The first kappa shape index (κ1) is 6.44. The monoisotopic (exact) mass is 154 g/mol. The highest BCUT2D eigenvalue weighted by Gasteiger charge is 2.55. The van der Waals surface area contributed by atoms with Gasteiger partial charge < -0.3 is 9.84 Å². The van der Waals surface area contributed by atoms with Crippen LogP contribution in [0.4, 0.5) is 0 Å². The van der Waals surface area contributed by atoms with Gasteiger partial charge in [0.15, 0.2) is 0 Å². The van der Waals surface area contributed by atoms with E-state index in [0.717, 1.165) is 13.2 Å². The van der Waals surface area contributed by atoms with Crippen molar-refractivity contribution in [1.29, 1.82) is 0 Å². The zero-order chi connectivity index (χ0) is 7.42. The van der Waals surface area contributed by atoms with Gasteiger partial charge in [0.2, 0.25) is 0 Å². The fraction of sp³-hybridized carbons (Fsp3) is 1.00. The minimum absolute atomic E-state index is 0.0221. The van der Waals surface area contributed by atoms with E-state index in [9.17, 15) is 5.11 Å². The lowest BCUT2D eigenvalue weighted by atomic mass is 9.82. The Labute approximate surface area is 66.5 Å². The molecule has 4 atom stereocenters.